The summed E-state index contributed by atoms with van der Waals surface area (Å²) < 4.78 is 1.75. The lowest BCUT2D eigenvalue weighted by Crippen LogP contribution is -2.25. The fraction of sp³-hybridized carbons (Fsp3) is 0.188. The van der Waals surface area contributed by atoms with Crippen LogP contribution in [0.3, 0.4) is 0 Å². The van der Waals surface area contributed by atoms with Gasteiger partial charge in [-0.1, -0.05) is 18.2 Å². The molecule has 0 amide bonds. The Kier molecular flexibility index (Phi) is 3.39. The van der Waals surface area contributed by atoms with Gasteiger partial charge in [-0.2, -0.15) is 0 Å². The molecular weight excluding hydrogens is 264 g/mol. The predicted molar refractivity (Wildman–Crippen MR) is 83.6 cm³/mol. The summed E-state index contributed by atoms with van der Waals surface area (Å²) in [5.41, 5.74) is 3.06. The van der Waals surface area contributed by atoms with Crippen LogP contribution in [-0.4, -0.2) is 21.6 Å². The zero-order chi connectivity index (χ0) is 14.8. The molecule has 5 heteroatoms. The minimum Gasteiger partial charge on any atom is -0.373 e. The molecule has 2 heterocycles. The maximum Gasteiger partial charge on any atom is 0.272 e. The van der Waals surface area contributed by atoms with Crippen molar-refractivity contribution in [2.24, 2.45) is 0 Å². The van der Waals surface area contributed by atoms with Gasteiger partial charge in [-0.25, -0.2) is 9.97 Å². The van der Waals surface area contributed by atoms with Crippen LogP contribution in [0.2, 0.25) is 0 Å². The van der Waals surface area contributed by atoms with E-state index >= 15 is 0 Å². The standard InChI is InChI=1S/C16H16N4O/c1-11-16(21)20(14-8-4-3-7-13(14)19-11)10-12-6-5-9-18-15(12)17-2/h3-9H,10H2,1-2H3,(H,17,18). The highest BCUT2D eigenvalue weighted by Crippen LogP contribution is 2.15. The molecule has 0 aliphatic heterocycles. The quantitative estimate of drug-likeness (QED) is 0.799. The van der Waals surface area contributed by atoms with Gasteiger partial charge in [0.15, 0.2) is 0 Å². The Hall–Kier alpha value is -2.69. The number of fused-ring (bicyclic) bond motifs is 1. The van der Waals surface area contributed by atoms with Crippen LogP contribution in [0.4, 0.5) is 5.82 Å². The van der Waals surface area contributed by atoms with Crippen LogP contribution in [0, 0.1) is 6.92 Å². The van der Waals surface area contributed by atoms with Crippen LogP contribution < -0.4 is 10.9 Å². The summed E-state index contributed by atoms with van der Waals surface area (Å²) in [6.45, 7) is 2.21. The molecule has 2 aromatic heterocycles. The number of rotatable bonds is 3. The Balaban J connectivity index is 2.20. The van der Waals surface area contributed by atoms with E-state index in [-0.39, 0.29) is 5.56 Å². The van der Waals surface area contributed by atoms with Gasteiger partial charge in [-0.05, 0) is 25.1 Å². The lowest BCUT2D eigenvalue weighted by Gasteiger charge is -2.13. The lowest BCUT2D eigenvalue weighted by atomic mass is 10.2. The van der Waals surface area contributed by atoms with Crippen molar-refractivity contribution in [2.45, 2.75) is 13.5 Å². The first-order chi connectivity index (χ1) is 10.2. The van der Waals surface area contributed by atoms with Gasteiger partial charge in [0.1, 0.15) is 11.5 Å². The van der Waals surface area contributed by atoms with E-state index in [2.05, 4.69) is 15.3 Å². The number of pyridine rings is 1. The van der Waals surface area contributed by atoms with Crippen LogP contribution in [0.5, 0.6) is 0 Å². The number of nitrogens with one attached hydrogen (secondary N) is 1. The Morgan fingerprint density at radius 2 is 2.00 bits per heavy atom. The number of anilines is 1. The molecule has 0 unspecified atom stereocenters. The molecular formula is C16H16N4O. The zero-order valence-corrected chi connectivity index (χ0v) is 12.0. The summed E-state index contributed by atoms with van der Waals surface area (Å²) in [6.07, 6.45) is 1.73. The molecule has 0 radical (unpaired) electrons. The summed E-state index contributed by atoms with van der Waals surface area (Å²) in [6, 6.07) is 11.5. The fourth-order valence-electron chi connectivity index (χ4n) is 2.44. The predicted octanol–water partition coefficient (Wildman–Crippen LogP) is 2.19. The molecule has 0 spiro atoms. The summed E-state index contributed by atoms with van der Waals surface area (Å²) in [5, 5.41) is 3.06. The highest BCUT2D eigenvalue weighted by molar-refractivity contribution is 5.74. The highest BCUT2D eigenvalue weighted by Gasteiger charge is 2.10. The van der Waals surface area contributed by atoms with Gasteiger partial charge < -0.3 is 9.88 Å². The Bertz CT molecular complexity index is 854. The van der Waals surface area contributed by atoms with Gasteiger partial charge in [-0.3, -0.25) is 4.79 Å². The Morgan fingerprint density at radius 3 is 2.81 bits per heavy atom. The molecule has 21 heavy (non-hydrogen) atoms. The van der Waals surface area contributed by atoms with Crippen molar-refractivity contribution < 1.29 is 0 Å². The number of nitrogens with zero attached hydrogens (tertiary/aromatic N) is 3. The first-order valence-electron chi connectivity index (χ1n) is 6.78. The highest BCUT2D eigenvalue weighted by atomic mass is 16.1. The number of para-hydroxylation sites is 2. The lowest BCUT2D eigenvalue weighted by molar-refractivity contribution is 0.774. The molecule has 0 fully saturated rings. The average Bonchev–Trinajstić information content (AvgIpc) is 2.52. The van der Waals surface area contributed by atoms with E-state index in [1.165, 1.54) is 0 Å². The van der Waals surface area contributed by atoms with Crippen LogP contribution in [-0.2, 0) is 6.54 Å². The maximum absolute atomic E-state index is 12.4. The van der Waals surface area contributed by atoms with Gasteiger partial charge >= 0.3 is 0 Å². The number of hydrogen-bond donors (Lipinski definition) is 1. The van der Waals surface area contributed by atoms with Crippen molar-refractivity contribution in [3.63, 3.8) is 0 Å². The van der Waals surface area contributed by atoms with Gasteiger partial charge in [-0.15, -0.1) is 0 Å². The van der Waals surface area contributed by atoms with E-state index in [4.69, 9.17) is 0 Å². The van der Waals surface area contributed by atoms with Crippen LogP contribution >= 0.6 is 0 Å². The van der Waals surface area contributed by atoms with Crippen molar-refractivity contribution in [1.82, 2.24) is 14.5 Å². The number of aryl methyl sites for hydroxylation is 1. The van der Waals surface area contributed by atoms with Gasteiger partial charge in [0.2, 0.25) is 0 Å². The first-order valence-corrected chi connectivity index (χ1v) is 6.78. The minimum absolute atomic E-state index is 0.0698. The topological polar surface area (TPSA) is 59.8 Å². The van der Waals surface area contributed by atoms with Crippen LogP contribution in [0.1, 0.15) is 11.3 Å². The summed E-state index contributed by atoms with van der Waals surface area (Å²) >= 11 is 0. The number of hydrogen-bond acceptors (Lipinski definition) is 4. The van der Waals surface area contributed by atoms with E-state index < -0.39 is 0 Å². The number of benzene rings is 1. The Labute approximate surface area is 122 Å². The first kappa shape index (κ1) is 13.3. The second kappa shape index (κ2) is 5.36. The van der Waals surface area contributed by atoms with Crippen LogP contribution in [0.15, 0.2) is 47.4 Å². The van der Waals surface area contributed by atoms with Crippen molar-refractivity contribution in [1.29, 1.82) is 0 Å². The molecule has 0 aliphatic carbocycles. The molecule has 1 N–H and O–H groups in total. The van der Waals surface area contributed by atoms with E-state index in [1.807, 2.05) is 43.4 Å². The third-order valence-corrected chi connectivity index (χ3v) is 3.47. The third-order valence-electron chi connectivity index (χ3n) is 3.47. The summed E-state index contributed by atoms with van der Waals surface area (Å²) in [5.74, 6) is 0.781. The molecule has 3 aromatic rings. The van der Waals surface area contributed by atoms with Crippen molar-refractivity contribution in [3.05, 3.63) is 64.2 Å². The van der Waals surface area contributed by atoms with Crippen LogP contribution in [0.25, 0.3) is 11.0 Å². The van der Waals surface area contributed by atoms with Crippen molar-refractivity contribution in [2.75, 3.05) is 12.4 Å². The van der Waals surface area contributed by atoms with E-state index in [0.717, 1.165) is 22.4 Å². The number of aromatic nitrogens is 3. The van der Waals surface area contributed by atoms with Gasteiger partial charge in [0.25, 0.3) is 5.56 Å². The second-order valence-corrected chi connectivity index (χ2v) is 4.84. The smallest absolute Gasteiger partial charge is 0.272 e. The molecule has 0 bridgehead atoms. The molecule has 0 aliphatic rings. The van der Waals surface area contributed by atoms with E-state index in [9.17, 15) is 4.79 Å². The molecule has 0 saturated carbocycles. The SMILES string of the molecule is CNc1ncccc1Cn1c(=O)c(C)nc2ccccc21. The molecule has 106 valence electrons. The largest absolute Gasteiger partial charge is 0.373 e. The molecule has 1 aromatic carbocycles. The average molecular weight is 280 g/mol. The Morgan fingerprint density at radius 1 is 1.19 bits per heavy atom. The van der Waals surface area contributed by atoms with E-state index in [1.54, 1.807) is 17.7 Å². The monoisotopic (exact) mass is 280 g/mol. The molecule has 5 nitrogen and oxygen atoms in total. The summed E-state index contributed by atoms with van der Waals surface area (Å²) in [7, 11) is 1.82. The third kappa shape index (κ3) is 2.38. The minimum atomic E-state index is -0.0698. The fourth-order valence-corrected chi connectivity index (χ4v) is 2.44. The molecule has 0 atom stereocenters. The molecule has 3 rings (SSSR count). The zero-order valence-electron chi connectivity index (χ0n) is 12.0. The normalized spacial score (nSPS) is 10.8. The van der Waals surface area contributed by atoms with Crippen molar-refractivity contribution in [3.8, 4) is 0 Å². The maximum atomic E-state index is 12.4. The van der Waals surface area contributed by atoms with Gasteiger partial charge in [0.05, 0.1) is 17.6 Å². The molecule has 0 saturated heterocycles. The summed E-state index contributed by atoms with van der Waals surface area (Å²) in [4.78, 5) is 21.1. The van der Waals surface area contributed by atoms with Crippen molar-refractivity contribution >= 4 is 16.9 Å². The van der Waals surface area contributed by atoms with Gasteiger partial charge in [0, 0.05) is 18.8 Å². The van der Waals surface area contributed by atoms with E-state index in [0.29, 0.717) is 12.2 Å². The second-order valence-electron chi connectivity index (χ2n) is 4.84.